The van der Waals surface area contributed by atoms with Crippen molar-refractivity contribution in [3.8, 4) is 0 Å². The molecule has 0 amide bonds. The summed E-state index contributed by atoms with van der Waals surface area (Å²) in [5.41, 5.74) is -0.898. The van der Waals surface area contributed by atoms with E-state index >= 15 is 0 Å². The zero-order valence-corrected chi connectivity index (χ0v) is 7.32. The summed E-state index contributed by atoms with van der Waals surface area (Å²) in [6, 6.07) is 0. The highest BCUT2D eigenvalue weighted by Gasteiger charge is 2.33. The van der Waals surface area contributed by atoms with Gasteiger partial charge in [-0.3, -0.25) is 0 Å². The van der Waals surface area contributed by atoms with Gasteiger partial charge in [0.15, 0.2) is 0 Å². The Kier molecular flexibility index (Phi) is 3.18. The first-order valence-electron chi connectivity index (χ1n) is 4.41. The molecule has 1 saturated heterocycles. The molecule has 2 N–H and O–H groups in total. The second kappa shape index (κ2) is 3.84. The first-order chi connectivity index (χ1) is 5.91. The Bertz CT molecular complexity index is 163. The van der Waals surface area contributed by atoms with Crippen LogP contribution in [0.1, 0.15) is 25.7 Å². The number of halogens is 3. The van der Waals surface area contributed by atoms with Crippen LogP contribution in [0.5, 0.6) is 0 Å². The summed E-state index contributed by atoms with van der Waals surface area (Å²) in [6.07, 6.45) is -4.08. The van der Waals surface area contributed by atoms with Crippen molar-refractivity contribution in [3.05, 3.63) is 0 Å². The molecule has 1 atom stereocenters. The Morgan fingerprint density at radius 1 is 1.38 bits per heavy atom. The maximum Gasteiger partial charge on any atom is 0.389 e. The van der Waals surface area contributed by atoms with Gasteiger partial charge in [-0.1, -0.05) is 0 Å². The third-order valence-corrected chi connectivity index (χ3v) is 2.32. The van der Waals surface area contributed by atoms with Gasteiger partial charge in [-0.2, -0.15) is 13.2 Å². The van der Waals surface area contributed by atoms with E-state index in [2.05, 4.69) is 5.32 Å². The number of β-amino-alcohol motifs (C(OH)–C–C–N with tert-alkyl or cyclic N) is 1. The molecule has 1 fully saturated rings. The summed E-state index contributed by atoms with van der Waals surface area (Å²) in [5, 5.41) is 12.6. The standard InChI is InChI=1S/C8H14F3NO/c9-8(10,11)3-1-2-7(13)4-5-12-6-7/h12-13H,1-6H2. The summed E-state index contributed by atoms with van der Waals surface area (Å²) in [5.74, 6) is 0. The molecule has 13 heavy (non-hydrogen) atoms. The number of aliphatic hydroxyl groups is 1. The smallest absolute Gasteiger partial charge is 0.389 e. The zero-order chi connectivity index (χ0) is 9.95. The molecule has 0 aliphatic carbocycles. The Labute approximate surface area is 75.1 Å². The molecule has 0 bridgehead atoms. The van der Waals surface area contributed by atoms with Crippen molar-refractivity contribution in [1.82, 2.24) is 5.32 Å². The van der Waals surface area contributed by atoms with Crippen molar-refractivity contribution in [2.45, 2.75) is 37.5 Å². The van der Waals surface area contributed by atoms with E-state index in [0.717, 1.165) is 0 Å². The molecule has 0 radical (unpaired) electrons. The van der Waals surface area contributed by atoms with Crippen LogP contribution in [0.3, 0.4) is 0 Å². The van der Waals surface area contributed by atoms with Crippen LogP contribution in [0.2, 0.25) is 0 Å². The minimum absolute atomic E-state index is 0.0156. The number of hydrogen-bond donors (Lipinski definition) is 2. The van der Waals surface area contributed by atoms with E-state index in [1.165, 1.54) is 0 Å². The first-order valence-corrected chi connectivity index (χ1v) is 4.41. The Hall–Kier alpha value is -0.290. The minimum atomic E-state index is -4.09. The molecule has 0 spiro atoms. The SMILES string of the molecule is OC1(CCCC(F)(F)F)CCNC1. The quantitative estimate of drug-likeness (QED) is 0.717. The van der Waals surface area contributed by atoms with Gasteiger partial charge in [0.05, 0.1) is 5.60 Å². The second-order valence-corrected chi connectivity index (χ2v) is 3.62. The van der Waals surface area contributed by atoms with Gasteiger partial charge in [0.2, 0.25) is 0 Å². The van der Waals surface area contributed by atoms with Crippen LogP contribution in [0, 0.1) is 0 Å². The van der Waals surface area contributed by atoms with Crippen molar-refractivity contribution in [1.29, 1.82) is 0 Å². The summed E-state index contributed by atoms with van der Waals surface area (Å²) in [7, 11) is 0. The molecular formula is C8H14F3NO. The van der Waals surface area contributed by atoms with Gasteiger partial charge in [-0.05, 0) is 25.8 Å². The molecule has 1 aliphatic rings. The highest BCUT2D eigenvalue weighted by atomic mass is 19.4. The highest BCUT2D eigenvalue weighted by Crippen LogP contribution is 2.27. The van der Waals surface area contributed by atoms with Crippen LogP contribution in [-0.2, 0) is 0 Å². The van der Waals surface area contributed by atoms with E-state index < -0.39 is 18.2 Å². The van der Waals surface area contributed by atoms with Gasteiger partial charge in [-0.25, -0.2) is 0 Å². The molecule has 0 aromatic heterocycles. The number of nitrogens with one attached hydrogen (secondary N) is 1. The number of rotatable bonds is 3. The summed E-state index contributed by atoms with van der Waals surface area (Å²) in [4.78, 5) is 0. The van der Waals surface area contributed by atoms with Gasteiger partial charge < -0.3 is 10.4 Å². The van der Waals surface area contributed by atoms with E-state index in [-0.39, 0.29) is 12.8 Å². The fraction of sp³-hybridized carbons (Fsp3) is 1.00. The van der Waals surface area contributed by atoms with E-state index in [4.69, 9.17) is 0 Å². The van der Waals surface area contributed by atoms with Gasteiger partial charge in [-0.15, -0.1) is 0 Å². The van der Waals surface area contributed by atoms with Gasteiger partial charge in [0.1, 0.15) is 0 Å². The number of hydrogen-bond acceptors (Lipinski definition) is 2. The zero-order valence-electron chi connectivity index (χ0n) is 7.32. The number of alkyl halides is 3. The Morgan fingerprint density at radius 3 is 2.54 bits per heavy atom. The summed E-state index contributed by atoms with van der Waals surface area (Å²) >= 11 is 0. The van der Waals surface area contributed by atoms with Crippen LogP contribution in [0.25, 0.3) is 0 Å². The van der Waals surface area contributed by atoms with Gasteiger partial charge >= 0.3 is 6.18 Å². The lowest BCUT2D eigenvalue weighted by atomic mass is 9.96. The largest absolute Gasteiger partial charge is 0.389 e. The van der Waals surface area contributed by atoms with Crippen molar-refractivity contribution in [2.75, 3.05) is 13.1 Å². The van der Waals surface area contributed by atoms with Crippen molar-refractivity contribution in [3.63, 3.8) is 0 Å². The maximum atomic E-state index is 11.8. The lowest BCUT2D eigenvalue weighted by molar-refractivity contribution is -0.137. The molecule has 5 heteroatoms. The molecule has 78 valence electrons. The van der Waals surface area contributed by atoms with E-state index in [1.807, 2.05) is 0 Å². The minimum Gasteiger partial charge on any atom is -0.389 e. The average molecular weight is 197 g/mol. The highest BCUT2D eigenvalue weighted by molar-refractivity contribution is 4.87. The normalized spacial score (nSPS) is 29.5. The molecule has 0 aromatic rings. The lowest BCUT2D eigenvalue weighted by Crippen LogP contribution is -2.31. The van der Waals surface area contributed by atoms with Crippen molar-refractivity contribution >= 4 is 0 Å². The van der Waals surface area contributed by atoms with Crippen LogP contribution >= 0.6 is 0 Å². The Balaban J connectivity index is 2.18. The van der Waals surface area contributed by atoms with E-state index in [1.54, 1.807) is 0 Å². The van der Waals surface area contributed by atoms with Crippen molar-refractivity contribution in [2.24, 2.45) is 0 Å². The Morgan fingerprint density at radius 2 is 2.08 bits per heavy atom. The predicted molar refractivity (Wildman–Crippen MR) is 42.3 cm³/mol. The lowest BCUT2D eigenvalue weighted by Gasteiger charge is -2.21. The maximum absolute atomic E-state index is 11.8. The van der Waals surface area contributed by atoms with Crippen LogP contribution in [0.15, 0.2) is 0 Å². The topological polar surface area (TPSA) is 32.3 Å². The van der Waals surface area contributed by atoms with Gasteiger partial charge in [0, 0.05) is 13.0 Å². The van der Waals surface area contributed by atoms with Crippen LogP contribution in [0.4, 0.5) is 13.2 Å². The predicted octanol–water partition coefficient (Wildman–Crippen LogP) is 1.44. The monoisotopic (exact) mass is 197 g/mol. The van der Waals surface area contributed by atoms with Crippen molar-refractivity contribution < 1.29 is 18.3 Å². The van der Waals surface area contributed by atoms with E-state index in [0.29, 0.717) is 19.5 Å². The summed E-state index contributed by atoms with van der Waals surface area (Å²) in [6.45, 7) is 1.12. The fourth-order valence-corrected chi connectivity index (χ4v) is 1.56. The molecule has 0 saturated carbocycles. The summed E-state index contributed by atoms with van der Waals surface area (Å²) < 4.78 is 35.3. The average Bonchev–Trinajstić information content (AvgIpc) is 2.33. The van der Waals surface area contributed by atoms with Crippen LogP contribution < -0.4 is 5.32 Å². The van der Waals surface area contributed by atoms with Gasteiger partial charge in [0.25, 0.3) is 0 Å². The third-order valence-electron chi connectivity index (χ3n) is 2.32. The van der Waals surface area contributed by atoms with E-state index in [9.17, 15) is 18.3 Å². The molecule has 2 nitrogen and oxygen atoms in total. The first kappa shape index (κ1) is 10.8. The molecule has 1 aliphatic heterocycles. The molecule has 1 rings (SSSR count). The molecule has 1 heterocycles. The molecule has 0 aromatic carbocycles. The van der Waals surface area contributed by atoms with Crippen LogP contribution in [-0.4, -0.2) is 30.0 Å². The second-order valence-electron chi connectivity index (χ2n) is 3.62. The third kappa shape index (κ3) is 3.95. The molecular weight excluding hydrogens is 183 g/mol. The fourth-order valence-electron chi connectivity index (χ4n) is 1.56. The molecule has 1 unspecified atom stereocenters.